The monoisotopic (exact) mass is 433 g/mol. The summed E-state index contributed by atoms with van der Waals surface area (Å²) in [5.74, 6) is 0.556. The summed E-state index contributed by atoms with van der Waals surface area (Å²) in [4.78, 5) is 0. The predicted octanol–water partition coefficient (Wildman–Crippen LogP) is -4.24. The van der Waals surface area contributed by atoms with Crippen LogP contribution in [0.15, 0.2) is 11.8 Å². The number of aliphatic hydroxyl groups is 3. The molecule has 2 aliphatic heterocycles. The summed E-state index contributed by atoms with van der Waals surface area (Å²) in [7, 11) is 1.61. The van der Waals surface area contributed by atoms with Crippen LogP contribution in [0.25, 0.3) is 0 Å². The third-order valence-electron chi connectivity index (χ3n) is 5.91. The average molecular weight is 434 g/mol. The van der Waals surface area contributed by atoms with Crippen molar-refractivity contribution in [3.05, 3.63) is 11.8 Å². The van der Waals surface area contributed by atoms with Crippen LogP contribution in [0.1, 0.15) is 12.8 Å². The molecule has 2 fully saturated rings. The third kappa shape index (κ3) is 4.95. The van der Waals surface area contributed by atoms with Gasteiger partial charge in [-0.15, -0.1) is 0 Å². The molecule has 0 aromatic carbocycles. The van der Waals surface area contributed by atoms with E-state index in [2.05, 4.69) is 5.32 Å². The van der Waals surface area contributed by atoms with Crippen molar-refractivity contribution < 1.29 is 34.3 Å². The second-order valence-electron chi connectivity index (χ2n) is 8.09. The number of aliphatic hydroxyl groups excluding tert-OH is 3. The molecule has 11 atom stereocenters. The molecule has 0 aromatic heterocycles. The van der Waals surface area contributed by atoms with E-state index in [4.69, 9.17) is 41.9 Å². The molecule has 0 bridgehead atoms. The van der Waals surface area contributed by atoms with Crippen LogP contribution in [-0.4, -0.2) is 103 Å². The van der Waals surface area contributed by atoms with Crippen molar-refractivity contribution in [1.29, 1.82) is 0 Å². The highest BCUT2D eigenvalue weighted by atomic mass is 16.7. The summed E-state index contributed by atoms with van der Waals surface area (Å²) in [6.45, 7) is 0.168. The van der Waals surface area contributed by atoms with Crippen molar-refractivity contribution in [2.24, 2.45) is 22.9 Å². The smallest absolute Gasteiger partial charge is 0.215 e. The molecule has 1 saturated heterocycles. The topological polar surface area (TPSA) is 214 Å². The largest absolute Gasteiger partial charge is 0.467 e. The highest BCUT2D eigenvalue weighted by Gasteiger charge is 2.48. The Morgan fingerprint density at radius 2 is 1.67 bits per heavy atom. The first-order valence-electron chi connectivity index (χ1n) is 10.2. The van der Waals surface area contributed by atoms with Gasteiger partial charge in [0.2, 0.25) is 6.29 Å². The van der Waals surface area contributed by atoms with E-state index < -0.39 is 67.3 Å². The van der Waals surface area contributed by atoms with Crippen LogP contribution in [0.2, 0.25) is 0 Å². The standard InChI is InChI=1S/C18H35N5O7/c1-23-12-11(24)6-27-18(13(12)25)30-16-10(22)4-9(21)15(14(16)26)29-17-8(20)3-2-7(5-19)28-17/h2,8-18,23-26H,3-6,19-22H2,1H3/t8-,9+,10-,11-,12+,13-,14+,15-,16+,17-,18-/m1/s1. The Morgan fingerprint density at radius 1 is 1.03 bits per heavy atom. The van der Waals surface area contributed by atoms with Gasteiger partial charge in [0.05, 0.1) is 31.3 Å². The number of nitrogens with two attached hydrogens (primary N) is 4. The van der Waals surface area contributed by atoms with Gasteiger partial charge in [-0.05, 0) is 26.0 Å². The van der Waals surface area contributed by atoms with Crippen molar-refractivity contribution in [1.82, 2.24) is 5.32 Å². The van der Waals surface area contributed by atoms with E-state index in [0.717, 1.165) is 0 Å². The lowest BCUT2D eigenvalue weighted by Crippen LogP contribution is -2.66. The molecule has 12 heteroatoms. The third-order valence-corrected chi connectivity index (χ3v) is 5.91. The number of likely N-dealkylation sites (N-methyl/N-ethyl adjacent to an activating group) is 1. The van der Waals surface area contributed by atoms with Crippen LogP contribution in [0.5, 0.6) is 0 Å². The first-order chi connectivity index (χ1) is 14.3. The molecule has 12 N–H and O–H groups in total. The molecule has 0 unspecified atom stereocenters. The molecule has 3 rings (SSSR count). The average Bonchev–Trinajstić information content (AvgIpc) is 2.71. The zero-order valence-corrected chi connectivity index (χ0v) is 17.0. The van der Waals surface area contributed by atoms with Crippen molar-refractivity contribution in [2.75, 3.05) is 20.2 Å². The molecular weight excluding hydrogens is 398 g/mol. The minimum atomic E-state index is -1.22. The fraction of sp³-hybridized carbons (Fsp3) is 0.889. The molecule has 1 aliphatic carbocycles. The maximum absolute atomic E-state index is 11.0. The first kappa shape index (κ1) is 23.8. The fourth-order valence-corrected chi connectivity index (χ4v) is 4.15. The number of rotatable bonds is 6. The molecule has 2 heterocycles. The Labute approximate surface area is 175 Å². The minimum absolute atomic E-state index is 0.0380. The molecule has 0 spiro atoms. The first-order valence-corrected chi connectivity index (χ1v) is 10.2. The maximum Gasteiger partial charge on any atom is 0.215 e. The summed E-state index contributed by atoms with van der Waals surface area (Å²) in [5.41, 5.74) is 24.1. The zero-order chi connectivity index (χ0) is 22.0. The van der Waals surface area contributed by atoms with Crippen LogP contribution in [-0.2, 0) is 18.9 Å². The summed E-state index contributed by atoms with van der Waals surface area (Å²) in [6.07, 6.45) is -4.36. The van der Waals surface area contributed by atoms with E-state index in [1.54, 1.807) is 13.1 Å². The zero-order valence-electron chi connectivity index (χ0n) is 17.0. The van der Waals surface area contributed by atoms with E-state index in [1.807, 2.05) is 0 Å². The van der Waals surface area contributed by atoms with Gasteiger partial charge >= 0.3 is 0 Å². The van der Waals surface area contributed by atoms with E-state index in [0.29, 0.717) is 18.6 Å². The van der Waals surface area contributed by atoms with Crippen LogP contribution >= 0.6 is 0 Å². The molecule has 174 valence electrons. The van der Waals surface area contributed by atoms with Gasteiger partial charge in [0.25, 0.3) is 0 Å². The Bertz CT molecular complexity index is 599. The molecular formula is C18H35N5O7. The summed E-state index contributed by atoms with van der Waals surface area (Å²) in [5, 5.41) is 34.2. The lowest BCUT2D eigenvalue weighted by atomic mass is 9.84. The fourth-order valence-electron chi connectivity index (χ4n) is 4.15. The minimum Gasteiger partial charge on any atom is -0.467 e. The summed E-state index contributed by atoms with van der Waals surface area (Å²) < 4.78 is 22.9. The molecule has 12 nitrogen and oxygen atoms in total. The van der Waals surface area contributed by atoms with Gasteiger partial charge < -0.3 is 62.5 Å². The van der Waals surface area contributed by atoms with Gasteiger partial charge in [-0.25, -0.2) is 0 Å². The quantitative estimate of drug-likeness (QED) is 0.200. The van der Waals surface area contributed by atoms with Gasteiger partial charge in [-0.1, -0.05) is 0 Å². The van der Waals surface area contributed by atoms with E-state index in [9.17, 15) is 15.3 Å². The molecule has 1 saturated carbocycles. The molecule has 0 aromatic rings. The van der Waals surface area contributed by atoms with Crippen molar-refractivity contribution in [3.63, 3.8) is 0 Å². The number of ether oxygens (including phenoxy) is 4. The van der Waals surface area contributed by atoms with Crippen molar-refractivity contribution >= 4 is 0 Å². The highest BCUT2D eigenvalue weighted by molar-refractivity contribution is 5.04. The highest BCUT2D eigenvalue weighted by Crippen LogP contribution is 2.29. The Hall–Kier alpha value is -0.900. The van der Waals surface area contributed by atoms with E-state index in [-0.39, 0.29) is 13.2 Å². The number of hydrogen-bond acceptors (Lipinski definition) is 12. The second kappa shape index (κ2) is 10.1. The van der Waals surface area contributed by atoms with Gasteiger partial charge in [-0.3, -0.25) is 0 Å². The van der Waals surface area contributed by atoms with Crippen molar-refractivity contribution in [2.45, 2.75) is 80.1 Å². The predicted molar refractivity (Wildman–Crippen MR) is 106 cm³/mol. The van der Waals surface area contributed by atoms with E-state index >= 15 is 0 Å². The Morgan fingerprint density at radius 3 is 2.27 bits per heavy atom. The molecule has 3 aliphatic rings. The maximum atomic E-state index is 11.0. The Kier molecular flexibility index (Phi) is 8.03. The van der Waals surface area contributed by atoms with Crippen LogP contribution < -0.4 is 28.3 Å². The van der Waals surface area contributed by atoms with Crippen LogP contribution in [0.3, 0.4) is 0 Å². The normalized spacial score (nSPS) is 47.5. The van der Waals surface area contributed by atoms with Gasteiger partial charge in [0.1, 0.15) is 30.2 Å². The van der Waals surface area contributed by atoms with Crippen LogP contribution in [0.4, 0.5) is 0 Å². The SMILES string of the molecule is CN[C@@H]1[C@@H](O)[C@@H](O[C@@H]2[C@@H](O)[C@H](O[C@H]3OC(CN)=CC[C@H]3N)[C@@H](N)C[C@H]2N)OC[C@H]1O. The van der Waals surface area contributed by atoms with E-state index in [1.165, 1.54) is 0 Å². The van der Waals surface area contributed by atoms with Gasteiger partial charge in [0, 0.05) is 12.1 Å². The molecule has 0 amide bonds. The lowest BCUT2D eigenvalue weighted by molar-refractivity contribution is -0.290. The molecule has 0 radical (unpaired) electrons. The summed E-state index contributed by atoms with van der Waals surface area (Å²) in [6, 6.07) is -2.30. The second-order valence-corrected chi connectivity index (χ2v) is 8.09. The number of hydrogen-bond donors (Lipinski definition) is 8. The number of nitrogens with one attached hydrogen (secondary N) is 1. The van der Waals surface area contributed by atoms with Gasteiger partial charge in [-0.2, -0.15) is 0 Å². The Balaban J connectivity index is 1.68. The van der Waals surface area contributed by atoms with Crippen LogP contribution in [0, 0.1) is 0 Å². The van der Waals surface area contributed by atoms with Crippen molar-refractivity contribution in [3.8, 4) is 0 Å². The summed E-state index contributed by atoms with van der Waals surface area (Å²) >= 11 is 0. The lowest BCUT2D eigenvalue weighted by Gasteiger charge is -2.46. The van der Waals surface area contributed by atoms with Gasteiger partial charge in [0.15, 0.2) is 6.29 Å². The molecule has 30 heavy (non-hydrogen) atoms.